The lowest BCUT2D eigenvalue weighted by Gasteiger charge is -2.20. The van der Waals surface area contributed by atoms with E-state index in [1.54, 1.807) is 54.6 Å². The number of likely N-dealkylation sites (N-methyl/N-ethyl adjacent to an activating group) is 1. The van der Waals surface area contributed by atoms with Crippen LogP contribution < -0.4 is 27.2 Å². The number of ketones is 2. The molecule has 21 nitrogen and oxygen atoms in total. The Morgan fingerprint density at radius 3 is 1.97 bits per heavy atom. The zero-order valence-corrected chi connectivity index (χ0v) is 36.2. The van der Waals surface area contributed by atoms with Gasteiger partial charge < -0.3 is 21.3 Å². The first-order valence-electron chi connectivity index (χ1n) is 19.0. The third-order valence-electron chi connectivity index (χ3n) is 9.51. The monoisotopic (exact) mass is 932 g/mol. The van der Waals surface area contributed by atoms with Crippen molar-refractivity contribution in [3.8, 4) is 0 Å². The van der Waals surface area contributed by atoms with E-state index in [1.165, 1.54) is 30.3 Å². The Morgan fingerprint density at radius 2 is 1.34 bits per heavy atom. The molecule has 0 heterocycles. The van der Waals surface area contributed by atoms with Crippen LogP contribution in [-0.4, -0.2) is 93.0 Å². The Bertz CT molecular complexity index is 3040. The van der Waals surface area contributed by atoms with E-state index in [-0.39, 0.29) is 22.9 Å². The SMILES string of the molecule is CCN(CC)CCNC1=CC(=O)/C(=N/Nc2ccc(Nc3ccc(N=Nc4c(S(=O)(=O)O)cc5c(c4N)C(=O)/C(=N\Nc4ccccc4)C(S(=O)(=O)O)=C5)cc3S(=O)(=O)O)cc2)C=C1. The summed E-state index contributed by atoms with van der Waals surface area (Å²) >= 11 is 0. The van der Waals surface area contributed by atoms with Crippen molar-refractivity contribution in [2.45, 2.75) is 23.6 Å². The third kappa shape index (κ3) is 11.2. The summed E-state index contributed by atoms with van der Waals surface area (Å²) < 4.78 is 105. The van der Waals surface area contributed by atoms with Gasteiger partial charge in [-0.2, -0.15) is 40.6 Å². The molecule has 24 heteroatoms. The van der Waals surface area contributed by atoms with Gasteiger partial charge in [-0.1, -0.05) is 32.0 Å². The number of benzene rings is 4. The van der Waals surface area contributed by atoms with Crippen LogP contribution in [0.2, 0.25) is 0 Å². The number of nitrogens with two attached hydrogens (primary N) is 1. The van der Waals surface area contributed by atoms with Crippen LogP contribution >= 0.6 is 0 Å². The molecule has 6 rings (SSSR count). The number of nitrogen functional groups attached to an aromatic ring is 1. The summed E-state index contributed by atoms with van der Waals surface area (Å²) in [7, 11) is -15.3. The second kappa shape index (κ2) is 19.2. The van der Waals surface area contributed by atoms with Crippen molar-refractivity contribution in [3.05, 3.63) is 119 Å². The number of hydrogen-bond acceptors (Lipinski definition) is 18. The first-order chi connectivity index (χ1) is 30.3. The van der Waals surface area contributed by atoms with E-state index in [2.05, 4.69) is 60.7 Å². The van der Waals surface area contributed by atoms with Crippen molar-refractivity contribution >= 4 is 99.2 Å². The number of para-hydroxylation sites is 1. The summed E-state index contributed by atoms with van der Waals surface area (Å²) in [6.45, 7) is 7.51. The molecule has 0 saturated carbocycles. The summed E-state index contributed by atoms with van der Waals surface area (Å²) in [5.41, 5.74) is 9.83. The quantitative estimate of drug-likeness (QED) is 0.0212. The molecule has 0 aromatic heterocycles. The van der Waals surface area contributed by atoms with Crippen molar-refractivity contribution in [3.63, 3.8) is 0 Å². The fraction of sp³-hybridized carbons (Fsp3) is 0.150. The average molecular weight is 933 g/mol. The van der Waals surface area contributed by atoms with Crippen molar-refractivity contribution < 1.29 is 48.5 Å². The lowest BCUT2D eigenvalue weighted by Crippen LogP contribution is -2.32. The first-order valence-corrected chi connectivity index (χ1v) is 23.3. The van der Waals surface area contributed by atoms with Gasteiger partial charge in [0.05, 0.1) is 34.0 Å². The summed E-state index contributed by atoms with van der Waals surface area (Å²) in [6, 6.07) is 18.3. The molecule has 0 aliphatic heterocycles. The maximum atomic E-state index is 13.8. The van der Waals surface area contributed by atoms with E-state index in [1.807, 2.05) is 0 Å². The van der Waals surface area contributed by atoms with Crippen LogP contribution in [0.15, 0.2) is 138 Å². The topological polar surface area (TPSA) is 324 Å². The second-order valence-electron chi connectivity index (χ2n) is 13.7. The number of nitrogens with zero attached hydrogens (tertiary/aromatic N) is 5. The fourth-order valence-electron chi connectivity index (χ4n) is 6.25. The van der Waals surface area contributed by atoms with Gasteiger partial charge in [-0.05, 0) is 97.5 Å². The Balaban J connectivity index is 1.23. The molecular weight excluding hydrogens is 893 g/mol. The molecule has 2 aliphatic carbocycles. The Labute approximate surface area is 367 Å². The van der Waals surface area contributed by atoms with E-state index in [0.717, 1.165) is 31.8 Å². The normalized spacial score (nSPS) is 15.7. The molecule has 64 heavy (non-hydrogen) atoms. The smallest absolute Gasteiger partial charge is 0.296 e. The highest BCUT2D eigenvalue weighted by Gasteiger charge is 2.37. The predicted molar refractivity (Wildman–Crippen MR) is 241 cm³/mol. The van der Waals surface area contributed by atoms with Gasteiger partial charge in [0.25, 0.3) is 30.4 Å². The van der Waals surface area contributed by atoms with Gasteiger partial charge in [0.15, 0.2) is 5.71 Å². The molecule has 4 aromatic rings. The van der Waals surface area contributed by atoms with Crippen LogP contribution in [0.1, 0.15) is 29.8 Å². The molecule has 0 atom stereocenters. The lowest BCUT2D eigenvalue weighted by molar-refractivity contribution is -0.108. The highest BCUT2D eigenvalue weighted by molar-refractivity contribution is 7.91. The van der Waals surface area contributed by atoms with Gasteiger partial charge in [0, 0.05) is 30.5 Å². The van der Waals surface area contributed by atoms with Gasteiger partial charge in [0.1, 0.15) is 26.1 Å². The van der Waals surface area contributed by atoms with Crippen LogP contribution in [0.3, 0.4) is 0 Å². The van der Waals surface area contributed by atoms with Gasteiger partial charge in [-0.25, -0.2) is 0 Å². The third-order valence-corrected chi connectivity index (χ3v) is 12.1. The van der Waals surface area contributed by atoms with Crippen LogP contribution in [0, 0.1) is 0 Å². The van der Waals surface area contributed by atoms with Crippen LogP contribution in [0.25, 0.3) is 6.08 Å². The van der Waals surface area contributed by atoms with Crippen LogP contribution in [0.5, 0.6) is 0 Å². The largest absolute Gasteiger partial charge is 0.396 e. The molecular formula is C40H40N10O11S3. The molecule has 0 amide bonds. The first kappa shape index (κ1) is 46.6. The van der Waals surface area contributed by atoms with Crippen LogP contribution in [0.4, 0.5) is 39.8 Å². The van der Waals surface area contributed by atoms with E-state index < -0.39 is 79.0 Å². The summed E-state index contributed by atoms with van der Waals surface area (Å²) in [4.78, 5) is 25.9. The molecule has 334 valence electrons. The number of allylic oxidation sites excluding steroid dienone is 4. The molecule has 2 aliphatic rings. The number of rotatable bonds is 17. The average Bonchev–Trinajstić information content (AvgIpc) is 3.24. The number of azo groups is 1. The number of carbonyl (C=O) groups is 2. The highest BCUT2D eigenvalue weighted by Crippen LogP contribution is 2.41. The highest BCUT2D eigenvalue weighted by atomic mass is 32.2. The Hall–Kier alpha value is -6.93. The molecule has 9 N–H and O–H groups in total. The molecule has 0 spiro atoms. The number of hydrazone groups is 2. The zero-order chi connectivity index (χ0) is 46.4. The summed E-state index contributed by atoms with van der Waals surface area (Å²) in [5, 5.41) is 21.8. The molecule has 0 bridgehead atoms. The minimum Gasteiger partial charge on any atom is -0.396 e. The number of fused-ring (bicyclic) bond motifs is 1. The van der Waals surface area contributed by atoms with Gasteiger partial charge in [0.2, 0.25) is 11.6 Å². The standard InChI is InChI=1S/C40H40N10O11S3/c1-3-50(4-2)19-18-42-28-14-16-30(32(51)22-28)47-44-27-12-10-25(11-13-27)43-31-17-15-29(23-33(31)62(53,54)55)46-48-38-34(63(56,57)58)20-24-21-35(64(59,60)61)39(40(52)36(24)37(38)41)49-45-26-8-6-5-7-9-26/h5-17,20-23,42-45H,3-4,18-19,41H2,1-2H3,(H,53,54,55)(H,56,57,58)(H,59,60,61)/b47-30+,48-46?,49-39-. The van der Waals surface area contributed by atoms with Crippen molar-refractivity contribution in [1.82, 2.24) is 10.2 Å². The number of nitrogens with one attached hydrogen (secondary N) is 4. The van der Waals surface area contributed by atoms with E-state index in [4.69, 9.17) is 5.73 Å². The van der Waals surface area contributed by atoms with Crippen molar-refractivity contribution in [2.24, 2.45) is 20.4 Å². The number of hydrogen-bond donors (Lipinski definition) is 8. The zero-order valence-electron chi connectivity index (χ0n) is 33.8. The van der Waals surface area contributed by atoms with Crippen molar-refractivity contribution in [1.29, 1.82) is 0 Å². The van der Waals surface area contributed by atoms with E-state index in [0.29, 0.717) is 35.4 Å². The molecule has 0 saturated heterocycles. The van der Waals surface area contributed by atoms with Gasteiger partial charge in [-0.3, -0.25) is 34.1 Å². The lowest BCUT2D eigenvalue weighted by atomic mass is 9.92. The predicted octanol–water partition coefficient (Wildman–Crippen LogP) is 5.54. The second-order valence-corrected chi connectivity index (χ2v) is 17.9. The maximum Gasteiger partial charge on any atom is 0.296 e. The molecule has 4 aromatic carbocycles. The summed E-state index contributed by atoms with van der Waals surface area (Å²) in [5.74, 6) is -1.49. The maximum absolute atomic E-state index is 13.8. The van der Waals surface area contributed by atoms with Crippen molar-refractivity contribution in [2.75, 3.05) is 48.1 Å². The Morgan fingerprint density at radius 1 is 0.703 bits per heavy atom. The fourth-order valence-corrected chi connectivity index (χ4v) is 8.25. The van der Waals surface area contributed by atoms with E-state index >= 15 is 0 Å². The van der Waals surface area contributed by atoms with Gasteiger partial charge >= 0.3 is 0 Å². The van der Waals surface area contributed by atoms with Gasteiger partial charge in [-0.15, -0.1) is 5.11 Å². The minimum atomic E-state index is -5.23. The number of carbonyl (C=O) groups excluding carboxylic acids is 2. The van der Waals surface area contributed by atoms with Crippen LogP contribution in [-0.2, 0) is 35.1 Å². The molecule has 0 unspecified atom stereocenters. The number of anilines is 5. The summed E-state index contributed by atoms with van der Waals surface area (Å²) in [6.07, 6.45) is 5.52. The Kier molecular flexibility index (Phi) is 14.0. The molecule has 0 radical (unpaired) electrons. The molecule has 0 fully saturated rings. The number of Topliss-reactive ketones (excluding diaryl/α,β-unsaturated/α-hetero) is 1. The minimum absolute atomic E-state index is 0.122. The van der Waals surface area contributed by atoms with E-state index in [9.17, 15) is 48.5 Å².